The topological polar surface area (TPSA) is 12.0 Å². The summed E-state index contributed by atoms with van der Waals surface area (Å²) in [6.45, 7) is 8.14. The van der Waals surface area contributed by atoms with Gasteiger partial charge in [-0.15, -0.1) is 0 Å². The zero-order valence-corrected chi connectivity index (χ0v) is 11.9. The minimum absolute atomic E-state index is 0.694. The predicted octanol–water partition coefficient (Wildman–Crippen LogP) is 3.25. The van der Waals surface area contributed by atoms with E-state index in [0.717, 1.165) is 11.2 Å². The zero-order chi connectivity index (χ0) is 11.1. The van der Waals surface area contributed by atoms with Crippen LogP contribution in [0.5, 0.6) is 0 Å². The van der Waals surface area contributed by atoms with Crippen LogP contribution in [0.4, 0.5) is 0 Å². The molecule has 1 aliphatic heterocycles. The second-order valence-electron chi connectivity index (χ2n) is 4.85. The van der Waals surface area contributed by atoms with E-state index in [1.54, 1.807) is 0 Å². The Balaban J connectivity index is 2.02. The smallest absolute Gasteiger partial charge is 0.0263 e. The van der Waals surface area contributed by atoms with E-state index in [-0.39, 0.29) is 0 Å². The monoisotopic (exact) mass is 247 g/mol. The van der Waals surface area contributed by atoms with Gasteiger partial charge in [0.1, 0.15) is 0 Å². The van der Waals surface area contributed by atoms with Crippen LogP contribution in [0.1, 0.15) is 33.6 Å². The van der Waals surface area contributed by atoms with Crippen LogP contribution >= 0.6 is 23.5 Å². The molecule has 0 aromatic carbocycles. The van der Waals surface area contributed by atoms with Crippen LogP contribution in [0.25, 0.3) is 0 Å². The largest absolute Gasteiger partial charge is 0.313 e. The highest BCUT2D eigenvalue weighted by Gasteiger charge is 2.14. The van der Waals surface area contributed by atoms with Gasteiger partial charge in [-0.25, -0.2) is 0 Å². The van der Waals surface area contributed by atoms with Crippen molar-refractivity contribution in [3.05, 3.63) is 0 Å². The summed E-state index contributed by atoms with van der Waals surface area (Å²) in [6, 6.07) is 0.694. The van der Waals surface area contributed by atoms with Crippen molar-refractivity contribution in [3.63, 3.8) is 0 Å². The van der Waals surface area contributed by atoms with Crippen molar-refractivity contribution in [1.29, 1.82) is 0 Å². The number of rotatable bonds is 6. The molecule has 1 N–H and O–H groups in total. The highest BCUT2D eigenvalue weighted by molar-refractivity contribution is 8.06. The molecular formula is C12H25NS2. The van der Waals surface area contributed by atoms with E-state index in [9.17, 15) is 0 Å². The van der Waals surface area contributed by atoms with Crippen LogP contribution < -0.4 is 5.32 Å². The normalized spacial score (nSPS) is 24.4. The SMILES string of the molecule is CC(C)CCC(C)NCC1CSCCS1. The highest BCUT2D eigenvalue weighted by atomic mass is 32.2. The average Bonchev–Trinajstić information content (AvgIpc) is 2.25. The molecule has 1 heterocycles. The Morgan fingerprint density at radius 1 is 1.20 bits per heavy atom. The second kappa shape index (κ2) is 7.86. The molecule has 1 nitrogen and oxygen atoms in total. The molecule has 1 fully saturated rings. The van der Waals surface area contributed by atoms with E-state index in [4.69, 9.17) is 0 Å². The molecule has 2 atom stereocenters. The van der Waals surface area contributed by atoms with Gasteiger partial charge >= 0.3 is 0 Å². The van der Waals surface area contributed by atoms with Gasteiger partial charge in [-0.2, -0.15) is 23.5 Å². The lowest BCUT2D eigenvalue weighted by molar-refractivity contribution is 0.454. The van der Waals surface area contributed by atoms with Gasteiger partial charge in [-0.05, 0) is 25.7 Å². The fourth-order valence-electron chi connectivity index (χ4n) is 1.67. The molecule has 0 spiro atoms. The summed E-state index contributed by atoms with van der Waals surface area (Å²) in [6.07, 6.45) is 2.67. The molecular weight excluding hydrogens is 222 g/mol. The maximum absolute atomic E-state index is 3.67. The third kappa shape index (κ3) is 6.75. The Labute approximate surface area is 104 Å². The van der Waals surface area contributed by atoms with E-state index in [0.29, 0.717) is 6.04 Å². The van der Waals surface area contributed by atoms with Crippen LogP contribution in [0, 0.1) is 5.92 Å². The molecule has 0 aliphatic carbocycles. The van der Waals surface area contributed by atoms with Crippen molar-refractivity contribution in [2.24, 2.45) is 5.92 Å². The lowest BCUT2D eigenvalue weighted by atomic mass is 10.0. The first-order valence-corrected chi connectivity index (χ1v) is 8.31. The maximum Gasteiger partial charge on any atom is 0.0263 e. The Kier molecular flexibility index (Phi) is 7.19. The minimum Gasteiger partial charge on any atom is -0.313 e. The van der Waals surface area contributed by atoms with E-state index in [2.05, 4.69) is 49.6 Å². The Bertz CT molecular complexity index is 156. The van der Waals surface area contributed by atoms with Gasteiger partial charge in [-0.1, -0.05) is 13.8 Å². The molecule has 3 heteroatoms. The van der Waals surface area contributed by atoms with Crippen molar-refractivity contribution in [3.8, 4) is 0 Å². The Hall–Kier alpha value is 0.660. The maximum atomic E-state index is 3.67. The Morgan fingerprint density at radius 2 is 2.00 bits per heavy atom. The molecule has 0 amide bonds. The van der Waals surface area contributed by atoms with E-state index < -0.39 is 0 Å². The van der Waals surface area contributed by atoms with Crippen LogP contribution in [-0.4, -0.2) is 35.1 Å². The lowest BCUT2D eigenvalue weighted by Crippen LogP contribution is -2.35. The van der Waals surface area contributed by atoms with Crippen molar-refractivity contribution < 1.29 is 0 Å². The van der Waals surface area contributed by atoms with Crippen LogP contribution in [-0.2, 0) is 0 Å². The van der Waals surface area contributed by atoms with Gasteiger partial charge in [0.2, 0.25) is 0 Å². The lowest BCUT2D eigenvalue weighted by Gasteiger charge is -2.23. The van der Waals surface area contributed by atoms with Crippen LogP contribution in [0.15, 0.2) is 0 Å². The van der Waals surface area contributed by atoms with E-state index in [1.165, 1.54) is 36.6 Å². The van der Waals surface area contributed by atoms with Crippen LogP contribution in [0.3, 0.4) is 0 Å². The van der Waals surface area contributed by atoms with Crippen LogP contribution in [0.2, 0.25) is 0 Å². The first-order chi connectivity index (χ1) is 7.18. The van der Waals surface area contributed by atoms with Gasteiger partial charge in [0, 0.05) is 35.1 Å². The molecule has 2 unspecified atom stereocenters. The molecule has 0 radical (unpaired) electrons. The van der Waals surface area contributed by atoms with E-state index in [1.807, 2.05) is 0 Å². The van der Waals surface area contributed by atoms with E-state index >= 15 is 0 Å². The minimum atomic E-state index is 0.694. The predicted molar refractivity (Wildman–Crippen MR) is 75.1 cm³/mol. The summed E-state index contributed by atoms with van der Waals surface area (Å²) in [4.78, 5) is 0. The molecule has 0 saturated carbocycles. The fourth-order valence-corrected chi connectivity index (χ4v) is 4.30. The number of thioether (sulfide) groups is 2. The molecule has 1 saturated heterocycles. The fraction of sp³-hybridized carbons (Fsp3) is 1.00. The first kappa shape index (κ1) is 13.7. The van der Waals surface area contributed by atoms with Gasteiger partial charge in [0.15, 0.2) is 0 Å². The third-order valence-electron chi connectivity index (χ3n) is 2.76. The van der Waals surface area contributed by atoms with Gasteiger partial charge in [0.25, 0.3) is 0 Å². The van der Waals surface area contributed by atoms with Gasteiger partial charge in [-0.3, -0.25) is 0 Å². The molecule has 90 valence electrons. The average molecular weight is 247 g/mol. The van der Waals surface area contributed by atoms with Crippen molar-refractivity contribution in [2.45, 2.75) is 44.9 Å². The quantitative estimate of drug-likeness (QED) is 0.774. The summed E-state index contributed by atoms with van der Waals surface area (Å²) in [5.41, 5.74) is 0. The summed E-state index contributed by atoms with van der Waals surface area (Å²) in [5, 5.41) is 4.53. The van der Waals surface area contributed by atoms with Gasteiger partial charge < -0.3 is 5.32 Å². The van der Waals surface area contributed by atoms with Crippen molar-refractivity contribution >= 4 is 23.5 Å². The summed E-state index contributed by atoms with van der Waals surface area (Å²) in [5.74, 6) is 4.88. The molecule has 15 heavy (non-hydrogen) atoms. The highest BCUT2D eigenvalue weighted by Crippen LogP contribution is 2.23. The second-order valence-corrected chi connectivity index (χ2v) is 7.41. The third-order valence-corrected chi connectivity index (χ3v) is 5.60. The zero-order valence-electron chi connectivity index (χ0n) is 10.3. The summed E-state index contributed by atoms with van der Waals surface area (Å²) in [7, 11) is 0. The van der Waals surface area contributed by atoms with Crippen molar-refractivity contribution in [2.75, 3.05) is 23.8 Å². The standard InChI is InChI=1S/C12H25NS2/c1-10(2)4-5-11(3)13-8-12-9-14-6-7-15-12/h10-13H,4-9H2,1-3H3. The molecule has 1 rings (SSSR count). The summed E-state index contributed by atoms with van der Waals surface area (Å²) < 4.78 is 0. The molecule has 1 aliphatic rings. The summed E-state index contributed by atoms with van der Waals surface area (Å²) >= 11 is 4.26. The number of nitrogens with one attached hydrogen (secondary N) is 1. The van der Waals surface area contributed by atoms with Crippen molar-refractivity contribution in [1.82, 2.24) is 5.32 Å². The number of hydrogen-bond acceptors (Lipinski definition) is 3. The number of hydrogen-bond donors (Lipinski definition) is 1. The molecule has 0 aromatic rings. The molecule has 0 bridgehead atoms. The first-order valence-electron chi connectivity index (χ1n) is 6.11. The Morgan fingerprint density at radius 3 is 2.60 bits per heavy atom. The molecule has 0 aromatic heterocycles. The van der Waals surface area contributed by atoms with Gasteiger partial charge in [0.05, 0.1) is 0 Å².